The lowest BCUT2D eigenvalue weighted by Crippen LogP contribution is -2.35. The minimum atomic E-state index is -0.418. The maximum atomic E-state index is 12.1. The Bertz CT molecular complexity index is 500. The molecule has 1 saturated carbocycles. The fourth-order valence-electron chi connectivity index (χ4n) is 2.95. The van der Waals surface area contributed by atoms with Gasteiger partial charge in [-0.15, -0.1) is 0 Å². The lowest BCUT2D eigenvalue weighted by atomic mass is 9.94. The molecule has 1 aliphatic heterocycles. The molecule has 2 aliphatic rings. The molecular weight excluding hydrogens is 242 g/mol. The van der Waals surface area contributed by atoms with Crippen LogP contribution in [0, 0.1) is 0 Å². The summed E-state index contributed by atoms with van der Waals surface area (Å²) < 4.78 is 5.93. The largest absolute Gasteiger partial charge is 0.487 e. The summed E-state index contributed by atoms with van der Waals surface area (Å²) in [5, 5.41) is 9.98. The van der Waals surface area contributed by atoms with Gasteiger partial charge >= 0.3 is 0 Å². The van der Waals surface area contributed by atoms with Crippen LogP contribution in [0.4, 0.5) is 0 Å². The highest BCUT2D eigenvalue weighted by Gasteiger charge is 2.31. The average Bonchev–Trinajstić information content (AvgIpc) is 2.69. The SMILES string of the molecule is CN1Cc2cccc(O[C@H]3CCCC[C@@H]3O)c2C1=O. The smallest absolute Gasteiger partial charge is 0.258 e. The molecule has 1 heterocycles. The van der Waals surface area contributed by atoms with E-state index in [-0.39, 0.29) is 12.0 Å². The van der Waals surface area contributed by atoms with Crippen molar-refractivity contribution < 1.29 is 14.6 Å². The second-order valence-corrected chi connectivity index (χ2v) is 5.46. The summed E-state index contributed by atoms with van der Waals surface area (Å²) in [5.41, 5.74) is 1.68. The van der Waals surface area contributed by atoms with Gasteiger partial charge in [-0.2, -0.15) is 0 Å². The number of carbonyl (C=O) groups is 1. The number of aliphatic hydroxyl groups excluding tert-OH is 1. The number of amides is 1. The number of carbonyl (C=O) groups excluding carboxylic acids is 1. The van der Waals surface area contributed by atoms with Crippen LogP contribution in [0.3, 0.4) is 0 Å². The molecule has 102 valence electrons. The van der Waals surface area contributed by atoms with Gasteiger partial charge in [0.05, 0.1) is 11.7 Å². The number of fused-ring (bicyclic) bond motifs is 1. The highest BCUT2D eigenvalue weighted by Crippen LogP contribution is 2.32. The minimum Gasteiger partial charge on any atom is -0.487 e. The van der Waals surface area contributed by atoms with Crippen molar-refractivity contribution in [1.29, 1.82) is 0 Å². The molecule has 0 radical (unpaired) electrons. The van der Waals surface area contributed by atoms with Crippen molar-refractivity contribution in [2.75, 3.05) is 7.05 Å². The average molecular weight is 261 g/mol. The lowest BCUT2D eigenvalue weighted by Gasteiger charge is -2.28. The summed E-state index contributed by atoms with van der Waals surface area (Å²) in [4.78, 5) is 13.8. The van der Waals surface area contributed by atoms with E-state index in [0.717, 1.165) is 31.2 Å². The zero-order chi connectivity index (χ0) is 13.4. The van der Waals surface area contributed by atoms with Crippen LogP contribution in [0.1, 0.15) is 41.6 Å². The van der Waals surface area contributed by atoms with Crippen molar-refractivity contribution in [1.82, 2.24) is 4.90 Å². The number of rotatable bonds is 2. The molecule has 1 aromatic rings. The molecule has 4 nitrogen and oxygen atoms in total. The molecule has 0 spiro atoms. The predicted octanol–water partition coefficient (Wildman–Crippen LogP) is 1.95. The first-order valence-electron chi connectivity index (χ1n) is 6.89. The molecule has 3 rings (SSSR count). The molecule has 1 fully saturated rings. The zero-order valence-electron chi connectivity index (χ0n) is 11.1. The van der Waals surface area contributed by atoms with Gasteiger partial charge in [-0.25, -0.2) is 0 Å². The first kappa shape index (κ1) is 12.5. The highest BCUT2D eigenvalue weighted by atomic mass is 16.5. The van der Waals surface area contributed by atoms with Crippen molar-refractivity contribution >= 4 is 5.91 Å². The summed E-state index contributed by atoms with van der Waals surface area (Å²) in [6.07, 6.45) is 3.17. The van der Waals surface area contributed by atoms with Gasteiger partial charge in [0, 0.05) is 13.6 Å². The maximum absolute atomic E-state index is 12.1. The van der Waals surface area contributed by atoms with Gasteiger partial charge in [0.25, 0.3) is 5.91 Å². The highest BCUT2D eigenvalue weighted by molar-refractivity contribution is 6.00. The molecule has 2 atom stereocenters. The zero-order valence-corrected chi connectivity index (χ0v) is 11.1. The third-order valence-corrected chi connectivity index (χ3v) is 4.03. The predicted molar refractivity (Wildman–Crippen MR) is 71.1 cm³/mol. The van der Waals surface area contributed by atoms with Crippen LogP contribution in [0.5, 0.6) is 5.75 Å². The van der Waals surface area contributed by atoms with Crippen molar-refractivity contribution in [2.45, 2.75) is 44.4 Å². The van der Waals surface area contributed by atoms with E-state index in [9.17, 15) is 9.90 Å². The first-order valence-corrected chi connectivity index (χ1v) is 6.89. The van der Waals surface area contributed by atoms with Crippen molar-refractivity contribution in [2.24, 2.45) is 0 Å². The normalized spacial score (nSPS) is 26.4. The molecule has 1 N–H and O–H groups in total. The van der Waals surface area contributed by atoms with Gasteiger partial charge in [0.1, 0.15) is 11.9 Å². The molecule has 1 aliphatic carbocycles. The van der Waals surface area contributed by atoms with E-state index >= 15 is 0 Å². The molecule has 1 aromatic carbocycles. The fraction of sp³-hybridized carbons (Fsp3) is 0.533. The monoisotopic (exact) mass is 261 g/mol. The van der Waals surface area contributed by atoms with Crippen LogP contribution in [0.15, 0.2) is 18.2 Å². The molecule has 4 heteroatoms. The molecule has 0 saturated heterocycles. The Morgan fingerprint density at radius 1 is 1.32 bits per heavy atom. The lowest BCUT2D eigenvalue weighted by molar-refractivity contribution is 0.00639. The summed E-state index contributed by atoms with van der Waals surface area (Å²) >= 11 is 0. The molecule has 1 amide bonds. The second kappa shape index (κ2) is 4.85. The van der Waals surface area contributed by atoms with Gasteiger partial charge in [-0.3, -0.25) is 4.79 Å². The van der Waals surface area contributed by atoms with Gasteiger partial charge in [0.15, 0.2) is 0 Å². The Morgan fingerprint density at radius 2 is 2.11 bits per heavy atom. The van der Waals surface area contributed by atoms with E-state index < -0.39 is 6.10 Å². The third kappa shape index (κ3) is 2.21. The van der Waals surface area contributed by atoms with Crippen LogP contribution >= 0.6 is 0 Å². The Kier molecular flexibility index (Phi) is 3.19. The maximum Gasteiger partial charge on any atom is 0.258 e. The summed E-state index contributed by atoms with van der Waals surface area (Å²) in [5.74, 6) is 0.633. The van der Waals surface area contributed by atoms with Crippen LogP contribution in [-0.2, 0) is 6.54 Å². The number of hydrogen-bond acceptors (Lipinski definition) is 3. The van der Waals surface area contributed by atoms with Crippen LogP contribution < -0.4 is 4.74 Å². The van der Waals surface area contributed by atoms with Crippen molar-refractivity contribution in [3.05, 3.63) is 29.3 Å². The van der Waals surface area contributed by atoms with Gasteiger partial charge in [0.2, 0.25) is 0 Å². The summed E-state index contributed by atoms with van der Waals surface area (Å²) in [6.45, 7) is 0.637. The number of hydrogen-bond donors (Lipinski definition) is 1. The molecule has 0 bridgehead atoms. The van der Waals surface area contributed by atoms with E-state index in [1.54, 1.807) is 11.9 Å². The summed E-state index contributed by atoms with van der Waals surface area (Å²) in [7, 11) is 1.79. The van der Waals surface area contributed by atoms with E-state index in [1.165, 1.54) is 0 Å². The third-order valence-electron chi connectivity index (χ3n) is 4.03. The van der Waals surface area contributed by atoms with Crippen molar-refractivity contribution in [3.8, 4) is 5.75 Å². The number of benzene rings is 1. The number of ether oxygens (including phenoxy) is 1. The Balaban J connectivity index is 1.86. The van der Waals surface area contributed by atoms with E-state index in [4.69, 9.17) is 4.74 Å². The Labute approximate surface area is 113 Å². The van der Waals surface area contributed by atoms with Crippen LogP contribution in [-0.4, -0.2) is 35.2 Å². The molecule has 19 heavy (non-hydrogen) atoms. The molecular formula is C15H19NO3. The molecule has 0 unspecified atom stereocenters. The first-order chi connectivity index (χ1) is 9.16. The quantitative estimate of drug-likeness (QED) is 0.885. The van der Waals surface area contributed by atoms with E-state index in [2.05, 4.69) is 0 Å². The van der Waals surface area contributed by atoms with E-state index in [1.807, 2.05) is 18.2 Å². The number of nitrogens with zero attached hydrogens (tertiary/aromatic N) is 1. The van der Waals surface area contributed by atoms with Crippen molar-refractivity contribution in [3.63, 3.8) is 0 Å². The Hall–Kier alpha value is -1.55. The van der Waals surface area contributed by atoms with Gasteiger partial charge in [-0.1, -0.05) is 18.6 Å². The van der Waals surface area contributed by atoms with Gasteiger partial charge in [-0.05, 0) is 30.9 Å². The van der Waals surface area contributed by atoms with E-state index in [0.29, 0.717) is 17.9 Å². The number of aliphatic hydroxyl groups is 1. The van der Waals surface area contributed by atoms with Crippen LogP contribution in [0.25, 0.3) is 0 Å². The summed E-state index contributed by atoms with van der Waals surface area (Å²) in [6, 6.07) is 5.70. The minimum absolute atomic E-state index is 0.0101. The second-order valence-electron chi connectivity index (χ2n) is 5.46. The van der Waals surface area contributed by atoms with Gasteiger partial charge < -0.3 is 14.7 Å². The topological polar surface area (TPSA) is 49.8 Å². The Morgan fingerprint density at radius 3 is 2.89 bits per heavy atom. The molecule has 0 aromatic heterocycles. The fourth-order valence-corrected chi connectivity index (χ4v) is 2.95. The standard InChI is InChI=1S/C15H19NO3/c1-16-9-10-5-4-8-13(14(10)15(16)18)19-12-7-3-2-6-11(12)17/h4-5,8,11-12,17H,2-3,6-7,9H2,1H3/t11-,12-/m0/s1. The van der Waals surface area contributed by atoms with Crippen LogP contribution in [0.2, 0.25) is 0 Å².